The van der Waals surface area contributed by atoms with E-state index in [2.05, 4.69) is 34.3 Å². The second kappa shape index (κ2) is 4.27. The maximum Gasteiger partial charge on any atom is 0.269 e. The lowest BCUT2D eigenvalue weighted by atomic mass is 9.96. The van der Waals surface area contributed by atoms with Crippen LogP contribution in [0.3, 0.4) is 0 Å². The third-order valence-corrected chi connectivity index (χ3v) is 1.59. The highest BCUT2D eigenvalue weighted by atomic mass is 16.6. The fourth-order valence-electron chi connectivity index (χ4n) is 1.20. The van der Waals surface area contributed by atoms with Crippen molar-refractivity contribution in [1.29, 1.82) is 0 Å². The minimum absolute atomic E-state index is 0.0625. The van der Waals surface area contributed by atoms with E-state index in [1.165, 1.54) is 0 Å². The minimum Gasteiger partial charge on any atom is -0.481 e. The molecule has 0 aromatic carbocycles. The van der Waals surface area contributed by atoms with Crippen LogP contribution in [0, 0.1) is 11.8 Å². The molecule has 0 saturated carbocycles. The number of hydrogen-bond donors (Lipinski definition) is 1. The topological polar surface area (TPSA) is 29.5 Å². The van der Waals surface area contributed by atoms with Gasteiger partial charge in [0, 0.05) is 0 Å². The van der Waals surface area contributed by atoms with Gasteiger partial charge in [0.2, 0.25) is 0 Å². The third kappa shape index (κ3) is 3.91. The second-order valence-electron chi connectivity index (χ2n) is 3.46. The summed E-state index contributed by atoms with van der Waals surface area (Å²) in [6.45, 7) is 11.5. The van der Waals surface area contributed by atoms with Gasteiger partial charge in [-0.25, -0.2) is 0 Å². The Morgan fingerprint density at radius 3 is 1.64 bits per heavy atom. The Labute approximate surface area is 68.9 Å². The van der Waals surface area contributed by atoms with E-state index in [-0.39, 0.29) is 12.0 Å². The van der Waals surface area contributed by atoms with Crippen LogP contribution in [0.4, 0.5) is 0 Å². The quantitative estimate of drug-likeness (QED) is 0.637. The van der Waals surface area contributed by atoms with Gasteiger partial charge in [-0.15, -0.1) is 0 Å². The van der Waals surface area contributed by atoms with Crippen molar-refractivity contribution in [2.45, 2.75) is 33.8 Å². The van der Waals surface area contributed by atoms with Crippen LogP contribution in [0.15, 0.2) is 12.5 Å². The minimum atomic E-state index is -0.183. The van der Waals surface area contributed by atoms with Crippen molar-refractivity contribution in [1.82, 2.24) is 0 Å². The molecular formula is C9H18O2. The molecule has 0 bridgehead atoms. The maximum atomic E-state index is 8.80. The molecule has 0 rings (SSSR count). The summed E-state index contributed by atoms with van der Waals surface area (Å²) in [6, 6.07) is 0. The van der Waals surface area contributed by atoms with Crippen molar-refractivity contribution in [3.63, 3.8) is 0 Å². The fourth-order valence-corrected chi connectivity index (χ4v) is 1.20. The van der Waals surface area contributed by atoms with Crippen LogP contribution < -0.4 is 0 Å². The molecule has 2 heteroatoms. The van der Waals surface area contributed by atoms with Crippen molar-refractivity contribution in [2.75, 3.05) is 0 Å². The molecule has 0 amide bonds. The third-order valence-electron chi connectivity index (χ3n) is 1.59. The molecule has 66 valence electrons. The van der Waals surface area contributed by atoms with Crippen molar-refractivity contribution in [3.05, 3.63) is 12.5 Å². The van der Waals surface area contributed by atoms with Crippen molar-refractivity contribution >= 4 is 0 Å². The fraction of sp³-hybridized carbons (Fsp3) is 0.778. The predicted molar refractivity (Wildman–Crippen MR) is 46.3 cm³/mol. The summed E-state index contributed by atoms with van der Waals surface area (Å²) in [5.41, 5.74) is 0. The molecule has 0 atom stereocenters. The van der Waals surface area contributed by atoms with Crippen LogP contribution in [0.2, 0.25) is 0 Å². The van der Waals surface area contributed by atoms with Crippen LogP contribution in [-0.2, 0) is 4.74 Å². The SMILES string of the molecule is C=C(O)OC(C(C)C)C(C)C. The van der Waals surface area contributed by atoms with Gasteiger partial charge in [0.05, 0.1) is 0 Å². The Bertz CT molecular complexity index is 120. The first-order valence-electron chi connectivity index (χ1n) is 3.99. The van der Waals surface area contributed by atoms with Crippen molar-refractivity contribution in [3.8, 4) is 0 Å². The molecule has 0 aliphatic rings. The molecule has 0 aliphatic carbocycles. The van der Waals surface area contributed by atoms with Gasteiger partial charge >= 0.3 is 0 Å². The molecule has 2 nitrogen and oxygen atoms in total. The van der Waals surface area contributed by atoms with Crippen LogP contribution in [-0.4, -0.2) is 11.2 Å². The lowest BCUT2D eigenvalue weighted by Gasteiger charge is -2.24. The Kier molecular flexibility index (Phi) is 4.01. The molecule has 0 heterocycles. The Balaban J connectivity index is 4.00. The molecule has 0 fully saturated rings. The first-order chi connectivity index (χ1) is 4.95. The number of hydrogen-bond acceptors (Lipinski definition) is 2. The smallest absolute Gasteiger partial charge is 0.269 e. The molecule has 0 spiro atoms. The summed E-state index contributed by atoms with van der Waals surface area (Å²) in [5.74, 6) is 0.621. The standard InChI is InChI=1S/C9H18O2/c1-6(2)9(7(3)4)11-8(5)10/h6-7,9-10H,5H2,1-4H3. The van der Waals surface area contributed by atoms with E-state index in [1.807, 2.05) is 0 Å². The highest BCUT2D eigenvalue weighted by Gasteiger charge is 2.19. The van der Waals surface area contributed by atoms with Crippen LogP contribution >= 0.6 is 0 Å². The van der Waals surface area contributed by atoms with E-state index in [0.717, 1.165) is 0 Å². The highest BCUT2D eigenvalue weighted by molar-refractivity contribution is 4.73. The molecule has 1 N–H and O–H groups in total. The van der Waals surface area contributed by atoms with Gasteiger partial charge in [0.25, 0.3) is 5.95 Å². The van der Waals surface area contributed by atoms with E-state index in [1.54, 1.807) is 0 Å². The molecule has 0 saturated heterocycles. The summed E-state index contributed by atoms with van der Waals surface area (Å²) in [6.07, 6.45) is 0.0625. The van der Waals surface area contributed by atoms with Gasteiger partial charge in [-0.2, -0.15) is 0 Å². The maximum absolute atomic E-state index is 8.80. The van der Waals surface area contributed by atoms with Gasteiger partial charge in [-0.3, -0.25) is 0 Å². The van der Waals surface area contributed by atoms with Crippen molar-refractivity contribution in [2.24, 2.45) is 11.8 Å². The van der Waals surface area contributed by atoms with E-state index in [0.29, 0.717) is 11.8 Å². The summed E-state index contributed by atoms with van der Waals surface area (Å²) in [4.78, 5) is 0. The van der Waals surface area contributed by atoms with Crippen LogP contribution in [0.5, 0.6) is 0 Å². The normalized spacial score (nSPS) is 11.2. The number of rotatable bonds is 4. The largest absolute Gasteiger partial charge is 0.481 e. The Morgan fingerprint density at radius 1 is 1.18 bits per heavy atom. The number of aliphatic hydroxyl groups is 1. The molecule has 0 radical (unpaired) electrons. The molecule has 11 heavy (non-hydrogen) atoms. The first kappa shape index (κ1) is 10.3. The summed E-state index contributed by atoms with van der Waals surface area (Å²) < 4.78 is 5.13. The first-order valence-corrected chi connectivity index (χ1v) is 3.99. The van der Waals surface area contributed by atoms with E-state index < -0.39 is 0 Å². The zero-order valence-corrected chi connectivity index (χ0v) is 7.79. The van der Waals surface area contributed by atoms with E-state index in [4.69, 9.17) is 9.84 Å². The lowest BCUT2D eigenvalue weighted by Crippen LogP contribution is -2.25. The highest BCUT2D eigenvalue weighted by Crippen LogP contribution is 2.17. The van der Waals surface area contributed by atoms with Gasteiger partial charge in [-0.05, 0) is 18.4 Å². The van der Waals surface area contributed by atoms with Crippen molar-refractivity contribution < 1.29 is 9.84 Å². The average molecular weight is 158 g/mol. The number of ether oxygens (including phenoxy) is 1. The average Bonchev–Trinajstić information content (AvgIpc) is 1.81. The molecule has 0 aromatic rings. The van der Waals surface area contributed by atoms with Gasteiger partial charge in [-0.1, -0.05) is 27.7 Å². The molecular weight excluding hydrogens is 140 g/mol. The second-order valence-corrected chi connectivity index (χ2v) is 3.46. The summed E-state index contributed by atoms with van der Waals surface area (Å²) in [7, 11) is 0. The Hall–Kier alpha value is -0.660. The lowest BCUT2D eigenvalue weighted by molar-refractivity contribution is -0.0168. The summed E-state index contributed by atoms with van der Waals surface area (Å²) >= 11 is 0. The summed E-state index contributed by atoms with van der Waals surface area (Å²) in [5, 5.41) is 8.80. The predicted octanol–water partition coefficient (Wildman–Crippen LogP) is 2.71. The van der Waals surface area contributed by atoms with Crippen LogP contribution in [0.25, 0.3) is 0 Å². The number of aliphatic hydroxyl groups excluding tert-OH is 1. The molecule has 0 aliphatic heterocycles. The zero-order chi connectivity index (χ0) is 9.02. The van der Waals surface area contributed by atoms with E-state index >= 15 is 0 Å². The Morgan fingerprint density at radius 2 is 1.55 bits per heavy atom. The van der Waals surface area contributed by atoms with Crippen LogP contribution in [0.1, 0.15) is 27.7 Å². The van der Waals surface area contributed by atoms with Gasteiger partial charge in [0.1, 0.15) is 6.10 Å². The monoisotopic (exact) mass is 158 g/mol. The van der Waals surface area contributed by atoms with Gasteiger partial charge in [0.15, 0.2) is 0 Å². The molecule has 0 unspecified atom stereocenters. The molecule has 0 aromatic heterocycles. The van der Waals surface area contributed by atoms with E-state index in [9.17, 15) is 0 Å². The zero-order valence-electron chi connectivity index (χ0n) is 7.79. The van der Waals surface area contributed by atoms with Gasteiger partial charge < -0.3 is 9.84 Å².